The highest BCUT2D eigenvalue weighted by Gasteiger charge is 2.52. The van der Waals surface area contributed by atoms with Crippen molar-refractivity contribution in [1.29, 1.82) is 0 Å². The molecule has 0 amide bonds. The second kappa shape index (κ2) is 13.9. The number of rotatable bonds is 6. The molecule has 63 heavy (non-hydrogen) atoms. The summed E-state index contributed by atoms with van der Waals surface area (Å²) < 4.78 is 6.31. The van der Waals surface area contributed by atoms with Crippen LogP contribution >= 0.6 is 0 Å². The average molecular weight is 802 g/mol. The number of para-hydroxylation sites is 1. The predicted octanol–water partition coefficient (Wildman–Crippen LogP) is 16.4. The van der Waals surface area contributed by atoms with Gasteiger partial charge in [0.15, 0.2) is 0 Å². The normalized spacial score (nSPS) is 12.9. The van der Waals surface area contributed by atoms with Crippen molar-refractivity contribution in [2.75, 3.05) is 4.90 Å². The molecule has 0 aliphatic heterocycles. The smallest absolute Gasteiger partial charge is 0.136 e. The number of benzene rings is 10. The van der Waals surface area contributed by atoms with E-state index in [1.165, 1.54) is 66.8 Å². The zero-order chi connectivity index (χ0) is 41.5. The summed E-state index contributed by atoms with van der Waals surface area (Å²) >= 11 is 0. The van der Waals surface area contributed by atoms with E-state index in [0.29, 0.717) is 0 Å². The Morgan fingerprint density at radius 2 is 0.762 bits per heavy atom. The van der Waals surface area contributed by atoms with Gasteiger partial charge in [0, 0.05) is 27.7 Å². The maximum absolute atomic E-state index is 6.31. The summed E-state index contributed by atoms with van der Waals surface area (Å²) in [4.78, 5) is 2.46. The highest BCUT2D eigenvalue weighted by molar-refractivity contribution is 6.06. The van der Waals surface area contributed by atoms with Gasteiger partial charge in [0.25, 0.3) is 0 Å². The third kappa shape index (κ3) is 5.32. The Labute approximate surface area is 366 Å². The van der Waals surface area contributed by atoms with Gasteiger partial charge in [-0.25, -0.2) is 0 Å². The molecule has 11 aromatic rings. The van der Waals surface area contributed by atoms with Gasteiger partial charge in [0.2, 0.25) is 0 Å². The minimum Gasteiger partial charge on any atom is -0.456 e. The Morgan fingerprint density at radius 1 is 0.302 bits per heavy atom. The molecular formula is C61H39NO. The molecule has 0 fully saturated rings. The van der Waals surface area contributed by atoms with Crippen LogP contribution in [-0.4, -0.2) is 0 Å². The van der Waals surface area contributed by atoms with Gasteiger partial charge in [-0.1, -0.05) is 182 Å². The molecule has 1 spiro atoms. The molecule has 0 saturated heterocycles. The zero-order valence-corrected chi connectivity index (χ0v) is 34.4. The first-order valence-corrected chi connectivity index (χ1v) is 21.7. The Kier molecular flexibility index (Phi) is 7.85. The van der Waals surface area contributed by atoms with Gasteiger partial charge >= 0.3 is 0 Å². The minimum absolute atomic E-state index is 0.437. The summed E-state index contributed by atoms with van der Waals surface area (Å²) in [6, 6.07) is 86.5. The summed E-state index contributed by atoms with van der Waals surface area (Å²) in [5.74, 6) is 0. The molecule has 0 saturated carbocycles. The third-order valence-electron chi connectivity index (χ3n) is 13.5. The number of hydrogen-bond acceptors (Lipinski definition) is 2. The van der Waals surface area contributed by atoms with Crippen molar-refractivity contribution in [1.82, 2.24) is 0 Å². The second-order valence-electron chi connectivity index (χ2n) is 16.8. The summed E-state index contributed by atoms with van der Waals surface area (Å²) in [5.41, 5.74) is 22.2. The number of anilines is 3. The quantitative estimate of drug-likeness (QED) is 0.167. The number of nitrogens with zero attached hydrogens (tertiary/aromatic N) is 1. The monoisotopic (exact) mass is 801 g/mol. The molecule has 1 aromatic heterocycles. The van der Waals surface area contributed by atoms with Crippen LogP contribution in [0.15, 0.2) is 241 Å². The first-order valence-electron chi connectivity index (χ1n) is 21.7. The van der Waals surface area contributed by atoms with Gasteiger partial charge < -0.3 is 9.32 Å². The van der Waals surface area contributed by atoms with Crippen LogP contribution in [0, 0.1) is 0 Å². The maximum Gasteiger partial charge on any atom is 0.136 e. The van der Waals surface area contributed by atoms with Gasteiger partial charge in [-0.2, -0.15) is 0 Å². The maximum atomic E-state index is 6.31. The van der Waals surface area contributed by atoms with Crippen LogP contribution in [0.4, 0.5) is 17.1 Å². The molecule has 2 aliphatic carbocycles. The highest BCUT2D eigenvalue weighted by atomic mass is 16.3. The van der Waals surface area contributed by atoms with Crippen molar-refractivity contribution >= 4 is 39.0 Å². The predicted molar refractivity (Wildman–Crippen MR) is 261 cm³/mol. The topological polar surface area (TPSA) is 16.4 Å². The van der Waals surface area contributed by atoms with Crippen LogP contribution in [0.5, 0.6) is 0 Å². The molecule has 1 heterocycles. The second-order valence-corrected chi connectivity index (χ2v) is 16.8. The Balaban J connectivity index is 0.984. The lowest BCUT2D eigenvalue weighted by molar-refractivity contribution is 0.669. The molecule has 0 atom stereocenters. The molecular weight excluding hydrogens is 763 g/mol. The van der Waals surface area contributed by atoms with Crippen molar-refractivity contribution in [3.8, 4) is 55.6 Å². The van der Waals surface area contributed by atoms with Gasteiger partial charge in [0.05, 0.1) is 11.1 Å². The van der Waals surface area contributed by atoms with Crippen LogP contribution in [-0.2, 0) is 5.41 Å². The molecule has 13 rings (SSSR count). The lowest BCUT2D eigenvalue weighted by atomic mass is 9.70. The van der Waals surface area contributed by atoms with E-state index in [1.54, 1.807) is 0 Å². The fourth-order valence-corrected chi connectivity index (χ4v) is 10.8. The summed E-state index contributed by atoms with van der Waals surface area (Å²) in [5, 5.41) is 2.28. The molecule has 294 valence electrons. The van der Waals surface area contributed by atoms with Gasteiger partial charge in [-0.05, 0) is 127 Å². The number of fused-ring (bicyclic) bond motifs is 13. The zero-order valence-electron chi connectivity index (χ0n) is 34.4. The first-order chi connectivity index (χ1) is 31.2. The standard InChI is InChI=1S/C61H39NO/c1-2-14-40(15-3-1)43-16-12-17-44(38-43)41-28-33-46(34-29-41)62(47-35-30-42(31-36-47)45-32-37-51-50-20-7-11-27-58(50)63-59(51)39-45)57-26-13-25-56-60(57)52-21-6-10-24-55(52)61(56)53-22-8-4-18-48(53)49-19-5-9-23-54(49)61/h1-39H. The molecule has 0 bridgehead atoms. The fraction of sp³-hybridized carbons (Fsp3) is 0.0164. The average Bonchev–Trinajstić information content (AvgIpc) is 3.99. The van der Waals surface area contributed by atoms with Gasteiger partial charge in [0.1, 0.15) is 11.2 Å². The van der Waals surface area contributed by atoms with Crippen LogP contribution in [0.1, 0.15) is 22.3 Å². The van der Waals surface area contributed by atoms with Crippen LogP contribution in [0.3, 0.4) is 0 Å². The molecule has 0 radical (unpaired) electrons. The van der Waals surface area contributed by atoms with E-state index in [1.807, 2.05) is 12.1 Å². The number of furan rings is 1. The first kappa shape index (κ1) is 35.5. The van der Waals surface area contributed by atoms with Crippen molar-refractivity contribution < 1.29 is 4.42 Å². The van der Waals surface area contributed by atoms with E-state index in [9.17, 15) is 0 Å². The largest absolute Gasteiger partial charge is 0.456 e. The molecule has 0 N–H and O–H groups in total. The van der Waals surface area contributed by atoms with Crippen molar-refractivity contribution in [2.45, 2.75) is 5.41 Å². The van der Waals surface area contributed by atoms with E-state index in [2.05, 4.69) is 229 Å². The van der Waals surface area contributed by atoms with E-state index < -0.39 is 5.41 Å². The fourth-order valence-electron chi connectivity index (χ4n) is 10.8. The van der Waals surface area contributed by atoms with Gasteiger partial charge in [-0.15, -0.1) is 0 Å². The Morgan fingerprint density at radius 3 is 1.43 bits per heavy atom. The molecule has 2 aliphatic rings. The molecule has 2 heteroatoms. The lowest BCUT2D eigenvalue weighted by Gasteiger charge is -2.32. The van der Waals surface area contributed by atoms with Crippen LogP contribution < -0.4 is 4.90 Å². The van der Waals surface area contributed by atoms with E-state index >= 15 is 0 Å². The molecule has 0 unspecified atom stereocenters. The SMILES string of the molecule is c1ccc(-c2cccc(-c3ccc(N(c4ccc(-c5ccc6c(c5)oc5ccccc56)cc4)c4cccc5c4-c4ccccc4C54c5ccccc5-c5ccccc54)cc3)c2)cc1. The van der Waals surface area contributed by atoms with Gasteiger partial charge in [-0.3, -0.25) is 0 Å². The van der Waals surface area contributed by atoms with Crippen molar-refractivity contribution in [3.05, 3.63) is 259 Å². The Hall–Kier alpha value is -8.20. The van der Waals surface area contributed by atoms with Crippen LogP contribution in [0.2, 0.25) is 0 Å². The molecule has 2 nitrogen and oxygen atoms in total. The Bertz CT molecular complexity index is 3510. The highest BCUT2D eigenvalue weighted by Crippen LogP contribution is 2.64. The molecule has 10 aromatic carbocycles. The summed E-state index contributed by atoms with van der Waals surface area (Å²) in [7, 11) is 0. The summed E-state index contributed by atoms with van der Waals surface area (Å²) in [6.45, 7) is 0. The van der Waals surface area contributed by atoms with Crippen LogP contribution in [0.25, 0.3) is 77.6 Å². The summed E-state index contributed by atoms with van der Waals surface area (Å²) in [6.07, 6.45) is 0. The minimum atomic E-state index is -0.437. The lowest BCUT2D eigenvalue weighted by Crippen LogP contribution is -2.26. The number of hydrogen-bond donors (Lipinski definition) is 0. The van der Waals surface area contributed by atoms with E-state index in [-0.39, 0.29) is 0 Å². The van der Waals surface area contributed by atoms with Crippen molar-refractivity contribution in [2.24, 2.45) is 0 Å². The van der Waals surface area contributed by atoms with E-state index in [0.717, 1.165) is 50.1 Å². The van der Waals surface area contributed by atoms with E-state index in [4.69, 9.17) is 4.42 Å². The third-order valence-corrected chi connectivity index (χ3v) is 13.5. The van der Waals surface area contributed by atoms with Crippen molar-refractivity contribution in [3.63, 3.8) is 0 Å².